The van der Waals surface area contributed by atoms with Crippen molar-refractivity contribution < 1.29 is 32.2 Å². The topological polar surface area (TPSA) is 127 Å². The average Bonchev–Trinajstić information content (AvgIpc) is 3.22. The standard InChI is InChI=1S/C28H31ClN4O7S/c1-7-21(26(34)32(2)3)31-28(19-9-8-14-30-25(19)40-6)20-15-17(29)10-12-22(20)33(27(28)35)41(36,37)24-13-11-18(38-4)16-23(24)39-5/h8-16,21,31H,7H2,1-6H3/t21-,28?/m0/s1. The predicted molar refractivity (Wildman–Crippen MR) is 153 cm³/mol. The van der Waals surface area contributed by atoms with Crippen LogP contribution in [-0.2, 0) is 25.2 Å². The second kappa shape index (κ2) is 11.6. The van der Waals surface area contributed by atoms with Gasteiger partial charge in [0.05, 0.1) is 33.1 Å². The highest BCUT2D eigenvalue weighted by Crippen LogP contribution is 2.50. The number of methoxy groups -OCH3 is 3. The molecule has 1 aliphatic heterocycles. The lowest BCUT2D eigenvalue weighted by Crippen LogP contribution is -2.59. The molecule has 218 valence electrons. The highest BCUT2D eigenvalue weighted by molar-refractivity contribution is 7.93. The van der Waals surface area contributed by atoms with Crippen molar-refractivity contribution >= 4 is 39.1 Å². The van der Waals surface area contributed by atoms with E-state index in [1.165, 1.54) is 68.8 Å². The molecule has 2 atom stereocenters. The number of pyridine rings is 1. The fourth-order valence-electron chi connectivity index (χ4n) is 4.92. The van der Waals surface area contributed by atoms with Crippen molar-refractivity contribution in [2.24, 2.45) is 0 Å². The zero-order chi connectivity index (χ0) is 30.1. The summed E-state index contributed by atoms with van der Waals surface area (Å²) < 4.78 is 45.5. The Bertz CT molecular complexity index is 1600. The third-order valence-electron chi connectivity index (χ3n) is 6.88. The summed E-state index contributed by atoms with van der Waals surface area (Å²) in [4.78, 5) is 33.5. The molecule has 1 aliphatic rings. The number of halogens is 1. The summed E-state index contributed by atoms with van der Waals surface area (Å²) in [6.45, 7) is 1.78. The monoisotopic (exact) mass is 602 g/mol. The van der Waals surface area contributed by atoms with Gasteiger partial charge in [-0.1, -0.05) is 18.5 Å². The molecule has 2 amide bonds. The molecule has 1 aromatic heterocycles. The van der Waals surface area contributed by atoms with E-state index in [2.05, 4.69) is 10.3 Å². The first-order chi connectivity index (χ1) is 19.5. The summed E-state index contributed by atoms with van der Waals surface area (Å²) in [5.41, 5.74) is -1.47. The fraction of sp³-hybridized carbons (Fsp3) is 0.321. The Balaban J connectivity index is 2.06. The van der Waals surface area contributed by atoms with Crippen LogP contribution in [0.1, 0.15) is 24.5 Å². The molecule has 0 fully saturated rings. The fourth-order valence-corrected chi connectivity index (χ4v) is 6.69. The molecular weight excluding hydrogens is 572 g/mol. The van der Waals surface area contributed by atoms with Crippen LogP contribution in [0.2, 0.25) is 5.02 Å². The summed E-state index contributed by atoms with van der Waals surface area (Å²) in [6, 6.07) is 10.9. The van der Waals surface area contributed by atoms with Gasteiger partial charge in [-0.3, -0.25) is 14.9 Å². The summed E-state index contributed by atoms with van der Waals surface area (Å²) in [6.07, 6.45) is 1.76. The smallest absolute Gasteiger partial charge is 0.274 e. The maximum absolute atomic E-state index is 14.8. The summed E-state index contributed by atoms with van der Waals surface area (Å²) in [5, 5.41) is 3.46. The van der Waals surface area contributed by atoms with E-state index in [0.29, 0.717) is 10.1 Å². The lowest BCUT2D eigenvalue weighted by Gasteiger charge is -2.35. The number of hydrogen-bond donors (Lipinski definition) is 1. The predicted octanol–water partition coefficient (Wildman–Crippen LogP) is 3.20. The van der Waals surface area contributed by atoms with Crippen LogP contribution < -0.4 is 23.8 Å². The first-order valence-electron chi connectivity index (χ1n) is 12.6. The van der Waals surface area contributed by atoms with Gasteiger partial charge in [0.1, 0.15) is 16.4 Å². The number of nitrogens with one attached hydrogen (secondary N) is 1. The van der Waals surface area contributed by atoms with Crippen molar-refractivity contribution in [2.45, 2.75) is 29.8 Å². The van der Waals surface area contributed by atoms with E-state index in [-0.39, 0.29) is 50.7 Å². The van der Waals surface area contributed by atoms with Crippen LogP contribution in [0.25, 0.3) is 0 Å². The van der Waals surface area contributed by atoms with Gasteiger partial charge < -0.3 is 19.1 Å². The molecule has 0 spiro atoms. The molecule has 41 heavy (non-hydrogen) atoms. The maximum Gasteiger partial charge on any atom is 0.274 e. The molecule has 1 N–H and O–H groups in total. The number of fused-ring (bicyclic) bond motifs is 1. The lowest BCUT2D eigenvalue weighted by molar-refractivity contribution is -0.132. The number of hydrogen-bond acceptors (Lipinski definition) is 9. The van der Waals surface area contributed by atoms with Crippen LogP contribution in [0.15, 0.2) is 59.6 Å². The number of anilines is 1. The van der Waals surface area contributed by atoms with Crippen molar-refractivity contribution in [2.75, 3.05) is 39.7 Å². The number of aromatic nitrogens is 1. The molecule has 2 aromatic carbocycles. The van der Waals surface area contributed by atoms with Crippen molar-refractivity contribution in [1.29, 1.82) is 0 Å². The minimum Gasteiger partial charge on any atom is -0.497 e. The molecule has 4 rings (SSSR count). The van der Waals surface area contributed by atoms with E-state index >= 15 is 0 Å². The van der Waals surface area contributed by atoms with E-state index in [9.17, 15) is 18.0 Å². The van der Waals surface area contributed by atoms with Crippen molar-refractivity contribution in [3.8, 4) is 17.4 Å². The zero-order valence-corrected chi connectivity index (χ0v) is 25.0. The lowest BCUT2D eigenvalue weighted by atomic mass is 9.83. The molecule has 13 heteroatoms. The van der Waals surface area contributed by atoms with Crippen LogP contribution >= 0.6 is 11.6 Å². The third kappa shape index (κ3) is 4.96. The highest BCUT2D eigenvalue weighted by atomic mass is 35.5. The Hall–Kier alpha value is -3.87. The van der Waals surface area contributed by atoms with Gasteiger partial charge >= 0.3 is 0 Å². The number of carbonyl (C=O) groups is 2. The second-order valence-corrected chi connectivity index (χ2v) is 11.6. The number of rotatable bonds is 10. The number of ether oxygens (including phenoxy) is 3. The van der Waals surface area contributed by atoms with E-state index in [1.54, 1.807) is 33.2 Å². The normalized spacial score (nSPS) is 17.1. The third-order valence-corrected chi connectivity index (χ3v) is 8.85. The highest BCUT2D eigenvalue weighted by Gasteiger charge is 2.59. The molecule has 0 bridgehead atoms. The van der Waals surface area contributed by atoms with Gasteiger partial charge in [0.2, 0.25) is 11.8 Å². The van der Waals surface area contributed by atoms with E-state index in [4.69, 9.17) is 25.8 Å². The minimum absolute atomic E-state index is 0.0219. The average molecular weight is 603 g/mol. The Morgan fingerprint density at radius 2 is 1.80 bits per heavy atom. The summed E-state index contributed by atoms with van der Waals surface area (Å²) in [7, 11) is 2.74. The van der Waals surface area contributed by atoms with Crippen molar-refractivity contribution in [3.05, 3.63) is 70.9 Å². The minimum atomic E-state index is -4.60. The van der Waals surface area contributed by atoms with Crippen molar-refractivity contribution in [3.63, 3.8) is 0 Å². The van der Waals surface area contributed by atoms with Crippen LogP contribution in [-0.4, -0.2) is 71.6 Å². The number of nitrogens with zero attached hydrogens (tertiary/aromatic N) is 3. The van der Waals surface area contributed by atoms with E-state index in [1.807, 2.05) is 0 Å². The first kappa shape index (κ1) is 30.1. The van der Waals surface area contributed by atoms with Gasteiger partial charge in [-0.25, -0.2) is 17.7 Å². The molecule has 1 unspecified atom stereocenters. The summed E-state index contributed by atoms with van der Waals surface area (Å²) >= 11 is 6.44. The molecule has 0 saturated heterocycles. The molecule has 3 aromatic rings. The van der Waals surface area contributed by atoms with Crippen molar-refractivity contribution in [1.82, 2.24) is 15.2 Å². The Kier molecular flexibility index (Phi) is 8.48. The number of likely N-dealkylation sites (N-methyl/N-ethyl adjacent to an activating group) is 1. The summed E-state index contributed by atoms with van der Waals surface area (Å²) in [5.74, 6) is -0.808. The molecule has 0 saturated carbocycles. The van der Waals surface area contributed by atoms with E-state index in [0.717, 1.165) is 0 Å². The van der Waals surface area contributed by atoms with Gasteiger partial charge in [0.15, 0.2) is 5.54 Å². The maximum atomic E-state index is 14.8. The number of sulfonamides is 1. The molecular formula is C28H31ClN4O7S. The van der Waals surface area contributed by atoms with Crippen LogP contribution in [0, 0.1) is 0 Å². The van der Waals surface area contributed by atoms with Crippen LogP contribution in [0.4, 0.5) is 5.69 Å². The second-order valence-electron chi connectivity index (χ2n) is 9.40. The zero-order valence-electron chi connectivity index (χ0n) is 23.5. The van der Waals surface area contributed by atoms with Gasteiger partial charge in [-0.15, -0.1) is 0 Å². The molecule has 0 aliphatic carbocycles. The van der Waals surface area contributed by atoms with Gasteiger partial charge in [0, 0.05) is 42.5 Å². The Morgan fingerprint density at radius 3 is 2.41 bits per heavy atom. The van der Waals surface area contributed by atoms with Gasteiger partial charge in [-0.05, 0) is 48.9 Å². The first-order valence-corrected chi connectivity index (χ1v) is 14.4. The SMILES string of the molecule is CC[C@H](NC1(c2cccnc2OC)C(=O)N(S(=O)(=O)c2ccc(OC)cc2OC)c2ccc(Cl)cc21)C(=O)N(C)C. The van der Waals surface area contributed by atoms with Crippen LogP contribution in [0.3, 0.4) is 0 Å². The van der Waals surface area contributed by atoms with E-state index < -0.39 is 27.5 Å². The number of amides is 2. The van der Waals surface area contributed by atoms with Gasteiger partial charge in [-0.2, -0.15) is 0 Å². The van der Waals surface area contributed by atoms with Gasteiger partial charge in [0.25, 0.3) is 15.9 Å². The van der Waals surface area contributed by atoms with Crippen LogP contribution in [0.5, 0.6) is 17.4 Å². The number of benzene rings is 2. The Morgan fingerprint density at radius 1 is 1.07 bits per heavy atom. The number of carbonyl (C=O) groups excluding carboxylic acids is 2. The molecule has 0 radical (unpaired) electrons. The Labute approximate surface area is 244 Å². The quantitative estimate of drug-likeness (QED) is 0.372. The molecule has 2 heterocycles. The molecule has 11 nitrogen and oxygen atoms in total. The largest absolute Gasteiger partial charge is 0.497 e.